The van der Waals surface area contributed by atoms with Crippen molar-refractivity contribution in [2.24, 2.45) is 5.73 Å². The number of ether oxygens (including phenoxy) is 2. The van der Waals surface area contributed by atoms with Crippen molar-refractivity contribution in [2.45, 2.75) is 12.5 Å². The van der Waals surface area contributed by atoms with Gasteiger partial charge in [-0.15, -0.1) is 0 Å². The largest absolute Gasteiger partial charge is 0.497 e. The molecule has 2 aromatic rings. The van der Waals surface area contributed by atoms with Crippen LogP contribution in [-0.4, -0.2) is 14.2 Å². The van der Waals surface area contributed by atoms with Crippen LogP contribution in [0.2, 0.25) is 5.02 Å². The molecule has 0 spiro atoms. The fourth-order valence-corrected chi connectivity index (χ4v) is 2.31. The van der Waals surface area contributed by atoms with Crippen molar-refractivity contribution in [2.75, 3.05) is 14.2 Å². The van der Waals surface area contributed by atoms with Crippen molar-refractivity contribution in [1.82, 2.24) is 0 Å². The van der Waals surface area contributed by atoms with Crippen LogP contribution in [0.5, 0.6) is 11.5 Å². The van der Waals surface area contributed by atoms with E-state index in [2.05, 4.69) is 0 Å². The monoisotopic (exact) mass is 309 g/mol. The van der Waals surface area contributed by atoms with E-state index in [0.29, 0.717) is 23.5 Å². The van der Waals surface area contributed by atoms with Crippen LogP contribution in [0.25, 0.3) is 0 Å². The molecular formula is C16H17ClFNO2. The SMILES string of the molecule is COc1cc(OC)cc(C(N)Cc2cccc(F)c2Cl)c1. The molecule has 0 aromatic heterocycles. The maximum atomic E-state index is 13.5. The van der Waals surface area contributed by atoms with Gasteiger partial charge in [0.05, 0.1) is 19.2 Å². The predicted octanol–water partition coefficient (Wildman–Crippen LogP) is 3.74. The molecule has 0 aliphatic carbocycles. The molecule has 0 bridgehead atoms. The number of benzene rings is 2. The zero-order valence-electron chi connectivity index (χ0n) is 11.9. The molecule has 0 fully saturated rings. The minimum atomic E-state index is -0.440. The Kier molecular flexibility index (Phi) is 5.04. The Hall–Kier alpha value is -1.78. The molecule has 5 heteroatoms. The number of nitrogens with two attached hydrogens (primary N) is 1. The van der Waals surface area contributed by atoms with Crippen LogP contribution in [0.15, 0.2) is 36.4 Å². The highest BCUT2D eigenvalue weighted by molar-refractivity contribution is 6.31. The summed E-state index contributed by atoms with van der Waals surface area (Å²) in [6.07, 6.45) is 0.424. The molecule has 112 valence electrons. The van der Waals surface area contributed by atoms with E-state index in [1.54, 1.807) is 32.4 Å². The summed E-state index contributed by atoms with van der Waals surface area (Å²) in [6, 6.07) is 9.81. The average molecular weight is 310 g/mol. The molecule has 2 rings (SSSR count). The fourth-order valence-electron chi connectivity index (χ4n) is 2.10. The highest BCUT2D eigenvalue weighted by Gasteiger charge is 2.14. The van der Waals surface area contributed by atoms with E-state index in [4.69, 9.17) is 26.8 Å². The van der Waals surface area contributed by atoms with Crippen LogP contribution < -0.4 is 15.2 Å². The van der Waals surface area contributed by atoms with Gasteiger partial charge in [-0.25, -0.2) is 4.39 Å². The zero-order valence-corrected chi connectivity index (χ0v) is 12.7. The Morgan fingerprint density at radius 1 is 1.14 bits per heavy atom. The van der Waals surface area contributed by atoms with Gasteiger partial charge in [0.15, 0.2) is 0 Å². The first-order valence-electron chi connectivity index (χ1n) is 6.46. The first kappa shape index (κ1) is 15.6. The second-order valence-corrected chi connectivity index (χ2v) is 5.05. The Morgan fingerprint density at radius 2 is 1.76 bits per heavy atom. The highest BCUT2D eigenvalue weighted by Crippen LogP contribution is 2.29. The van der Waals surface area contributed by atoms with Gasteiger partial charge in [-0.1, -0.05) is 23.7 Å². The van der Waals surface area contributed by atoms with Gasteiger partial charge in [0.2, 0.25) is 0 Å². The van der Waals surface area contributed by atoms with Gasteiger partial charge in [-0.2, -0.15) is 0 Å². The summed E-state index contributed by atoms with van der Waals surface area (Å²) in [5, 5.41) is 0.114. The second-order valence-electron chi connectivity index (χ2n) is 4.67. The number of hydrogen-bond donors (Lipinski definition) is 1. The summed E-state index contributed by atoms with van der Waals surface area (Å²) in [7, 11) is 3.15. The zero-order chi connectivity index (χ0) is 15.4. The van der Waals surface area contributed by atoms with Gasteiger partial charge in [-0.05, 0) is 35.7 Å². The lowest BCUT2D eigenvalue weighted by Gasteiger charge is -2.16. The Labute approximate surface area is 128 Å². The molecular weight excluding hydrogens is 293 g/mol. The van der Waals surface area contributed by atoms with Gasteiger partial charge >= 0.3 is 0 Å². The second kappa shape index (κ2) is 6.78. The van der Waals surface area contributed by atoms with E-state index in [9.17, 15) is 4.39 Å². The lowest BCUT2D eigenvalue weighted by molar-refractivity contribution is 0.392. The van der Waals surface area contributed by atoms with Crippen LogP contribution in [-0.2, 0) is 6.42 Å². The summed E-state index contributed by atoms with van der Waals surface area (Å²) in [5.41, 5.74) is 7.71. The normalized spacial score (nSPS) is 12.0. The minimum Gasteiger partial charge on any atom is -0.497 e. The summed E-state index contributed by atoms with van der Waals surface area (Å²) >= 11 is 5.96. The maximum absolute atomic E-state index is 13.5. The molecule has 0 heterocycles. The highest BCUT2D eigenvalue weighted by atomic mass is 35.5. The quantitative estimate of drug-likeness (QED) is 0.915. The smallest absolute Gasteiger partial charge is 0.142 e. The standard InChI is InChI=1S/C16H17ClFNO2/c1-20-12-6-11(7-13(9-12)21-2)15(19)8-10-4-3-5-14(18)16(10)17/h3-7,9,15H,8,19H2,1-2H3. The van der Waals surface area contributed by atoms with E-state index in [1.165, 1.54) is 6.07 Å². The average Bonchev–Trinajstić information content (AvgIpc) is 2.51. The van der Waals surface area contributed by atoms with Crippen molar-refractivity contribution >= 4 is 11.6 Å². The Balaban J connectivity index is 2.27. The number of methoxy groups -OCH3 is 2. The number of rotatable bonds is 5. The lowest BCUT2D eigenvalue weighted by atomic mass is 9.99. The molecule has 0 amide bonds. The van der Waals surface area contributed by atoms with Crippen LogP contribution in [0, 0.1) is 5.82 Å². The number of halogens is 2. The molecule has 0 saturated carbocycles. The molecule has 3 nitrogen and oxygen atoms in total. The fraction of sp³-hybridized carbons (Fsp3) is 0.250. The van der Waals surface area contributed by atoms with Gasteiger partial charge in [0, 0.05) is 12.1 Å². The van der Waals surface area contributed by atoms with E-state index in [1.807, 2.05) is 12.1 Å². The van der Waals surface area contributed by atoms with E-state index in [0.717, 1.165) is 5.56 Å². The third kappa shape index (κ3) is 3.65. The summed E-state index contributed by atoms with van der Waals surface area (Å²) in [6.45, 7) is 0. The van der Waals surface area contributed by atoms with Crippen molar-refractivity contribution < 1.29 is 13.9 Å². The minimum absolute atomic E-state index is 0.114. The molecule has 2 aromatic carbocycles. The summed E-state index contributed by atoms with van der Waals surface area (Å²) in [4.78, 5) is 0. The van der Waals surface area contributed by atoms with Crippen molar-refractivity contribution in [3.05, 3.63) is 58.4 Å². The number of hydrogen-bond acceptors (Lipinski definition) is 3. The van der Waals surface area contributed by atoms with Gasteiger partial charge in [-0.3, -0.25) is 0 Å². The van der Waals surface area contributed by atoms with Gasteiger partial charge < -0.3 is 15.2 Å². The van der Waals surface area contributed by atoms with Crippen LogP contribution in [0.4, 0.5) is 4.39 Å². The van der Waals surface area contributed by atoms with Crippen LogP contribution >= 0.6 is 11.6 Å². The molecule has 0 radical (unpaired) electrons. The molecule has 21 heavy (non-hydrogen) atoms. The van der Waals surface area contributed by atoms with Crippen LogP contribution in [0.1, 0.15) is 17.2 Å². The molecule has 0 saturated heterocycles. The first-order chi connectivity index (χ1) is 10.0. The van der Waals surface area contributed by atoms with E-state index >= 15 is 0 Å². The third-order valence-electron chi connectivity index (χ3n) is 3.27. The Bertz CT molecular complexity index is 611. The lowest BCUT2D eigenvalue weighted by Crippen LogP contribution is -2.14. The third-order valence-corrected chi connectivity index (χ3v) is 3.70. The first-order valence-corrected chi connectivity index (χ1v) is 6.84. The molecule has 0 aliphatic rings. The predicted molar refractivity (Wildman–Crippen MR) is 81.6 cm³/mol. The van der Waals surface area contributed by atoms with Crippen LogP contribution in [0.3, 0.4) is 0 Å². The Morgan fingerprint density at radius 3 is 2.33 bits per heavy atom. The summed E-state index contributed by atoms with van der Waals surface area (Å²) < 4.78 is 23.9. The topological polar surface area (TPSA) is 44.5 Å². The molecule has 1 unspecified atom stereocenters. The van der Waals surface area contributed by atoms with Crippen molar-refractivity contribution in [1.29, 1.82) is 0 Å². The van der Waals surface area contributed by atoms with Crippen molar-refractivity contribution in [3.63, 3.8) is 0 Å². The van der Waals surface area contributed by atoms with E-state index < -0.39 is 5.82 Å². The molecule has 1 atom stereocenters. The summed E-state index contributed by atoms with van der Waals surface area (Å²) in [5.74, 6) is 0.875. The molecule has 2 N–H and O–H groups in total. The van der Waals surface area contributed by atoms with Crippen molar-refractivity contribution in [3.8, 4) is 11.5 Å². The van der Waals surface area contributed by atoms with E-state index in [-0.39, 0.29) is 11.1 Å². The maximum Gasteiger partial charge on any atom is 0.142 e. The van der Waals surface area contributed by atoms with Gasteiger partial charge in [0.25, 0.3) is 0 Å². The molecule has 0 aliphatic heterocycles. The van der Waals surface area contributed by atoms with Gasteiger partial charge in [0.1, 0.15) is 17.3 Å².